The van der Waals surface area contributed by atoms with Crippen LogP contribution in [0.4, 0.5) is 0 Å². The molecule has 0 aromatic heterocycles. The van der Waals surface area contributed by atoms with Crippen molar-refractivity contribution in [2.24, 2.45) is 0 Å². The fourth-order valence-corrected chi connectivity index (χ4v) is 2.74. The first-order valence-corrected chi connectivity index (χ1v) is 6.66. The van der Waals surface area contributed by atoms with Crippen LogP contribution in [0.2, 0.25) is 0 Å². The normalized spacial score (nSPS) is 24.6. The van der Waals surface area contributed by atoms with Crippen LogP contribution in [0.3, 0.4) is 0 Å². The lowest BCUT2D eigenvalue weighted by atomic mass is 9.81. The maximum Gasteiger partial charge on any atom is 0.118 e. The van der Waals surface area contributed by atoms with Gasteiger partial charge in [-0.15, -0.1) is 0 Å². The van der Waals surface area contributed by atoms with E-state index in [4.69, 9.17) is 4.74 Å². The van der Waals surface area contributed by atoms with Crippen molar-refractivity contribution in [1.82, 2.24) is 5.32 Å². The predicted octanol–water partition coefficient (Wildman–Crippen LogP) is 3.16. The molecule has 0 aliphatic carbocycles. The van der Waals surface area contributed by atoms with Gasteiger partial charge in [0.15, 0.2) is 0 Å². The van der Waals surface area contributed by atoms with E-state index in [9.17, 15) is 0 Å². The second kappa shape index (κ2) is 5.54. The Kier molecular flexibility index (Phi) is 4.06. The van der Waals surface area contributed by atoms with Gasteiger partial charge >= 0.3 is 0 Å². The summed E-state index contributed by atoms with van der Waals surface area (Å²) in [6, 6.07) is 8.49. The Morgan fingerprint density at radius 3 is 2.53 bits per heavy atom. The molecule has 1 heterocycles. The van der Waals surface area contributed by atoms with Crippen LogP contribution in [0.25, 0.3) is 0 Å². The molecule has 0 radical (unpaired) electrons. The van der Waals surface area contributed by atoms with Crippen molar-refractivity contribution < 1.29 is 4.74 Å². The zero-order chi connectivity index (χ0) is 12.1. The molecule has 1 aromatic carbocycles. The number of hydrogen-bond acceptors (Lipinski definition) is 2. The Labute approximate surface area is 104 Å². The lowest BCUT2D eigenvalue weighted by Crippen LogP contribution is -2.49. The van der Waals surface area contributed by atoms with Crippen LogP contribution in [0.15, 0.2) is 24.3 Å². The van der Waals surface area contributed by atoms with Crippen molar-refractivity contribution in [2.75, 3.05) is 13.7 Å². The van der Waals surface area contributed by atoms with Gasteiger partial charge in [-0.1, -0.05) is 25.5 Å². The highest BCUT2D eigenvalue weighted by Crippen LogP contribution is 2.27. The minimum Gasteiger partial charge on any atom is -0.497 e. The van der Waals surface area contributed by atoms with Gasteiger partial charge in [-0.3, -0.25) is 0 Å². The first kappa shape index (κ1) is 12.4. The molecule has 94 valence electrons. The highest BCUT2D eigenvalue weighted by atomic mass is 16.5. The number of ether oxygens (including phenoxy) is 1. The monoisotopic (exact) mass is 233 g/mol. The van der Waals surface area contributed by atoms with Gasteiger partial charge in [0.25, 0.3) is 0 Å². The zero-order valence-electron chi connectivity index (χ0n) is 11.0. The molecule has 1 aromatic rings. The van der Waals surface area contributed by atoms with Crippen molar-refractivity contribution in [2.45, 2.75) is 44.6 Å². The third kappa shape index (κ3) is 3.01. The number of methoxy groups -OCH3 is 1. The second-order valence-corrected chi connectivity index (χ2v) is 5.04. The van der Waals surface area contributed by atoms with Crippen LogP contribution in [0, 0.1) is 0 Å². The average molecular weight is 233 g/mol. The Morgan fingerprint density at radius 1 is 1.24 bits per heavy atom. The molecule has 2 nitrogen and oxygen atoms in total. The van der Waals surface area contributed by atoms with Crippen LogP contribution < -0.4 is 10.1 Å². The van der Waals surface area contributed by atoms with Crippen molar-refractivity contribution in [3.63, 3.8) is 0 Å². The number of nitrogens with one attached hydrogen (secondary N) is 1. The van der Waals surface area contributed by atoms with Gasteiger partial charge in [-0.25, -0.2) is 0 Å². The highest BCUT2D eigenvalue weighted by molar-refractivity contribution is 5.28. The molecule has 2 heteroatoms. The zero-order valence-corrected chi connectivity index (χ0v) is 11.0. The van der Waals surface area contributed by atoms with Gasteiger partial charge in [-0.05, 0) is 49.9 Å². The smallest absolute Gasteiger partial charge is 0.118 e. The first-order chi connectivity index (χ1) is 8.28. The molecule has 0 saturated carbocycles. The van der Waals surface area contributed by atoms with Crippen LogP contribution in [-0.4, -0.2) is 19.2 Å². The topological polar surface area (TPSA) is 21.3 Å². The van der Waals surface area contributed by atoms with Crippen molar-refractivity contribution in [3.05, 3.63) is 29.8 Å². The predicted molar refractivity (Wildman–Crippen MR) is 71.6 cm³/mol. The van der Waals surface area contributed by atoms with E-state index in [0.717, 1.165) is 12.2 Å². The van der Waals surface area contributed by atoms with Crippen LogP contribution in [0.1, 0.15) is 38.2 Å². The summed E-state index contributed by atoms with van der Waals surface area (Å²) >= 11 is 0. The molecule has 0 amide bonds. The molecule has 1 aliphatic rings. The highest BCUT2D eigenvalue weighted by Gasteiger charge is 2.29. The van der Waals surface area contributed by atoms with E-state index >= 15 is 0 Å². The van der Waals surface area contributed by atoms with E-state index in [2.05, 4.69) is 36.5 Å². The minimum absolute atomic E-state index is 0.326. The molecule has 0 spiro atoms. The summed E-state index contributed by atoms with van der Waals surface area (Å²) in [5, 5.41) is 3.73. The van der Waals surface area contributed by atoms with Gasteiger partial charge in [-0.2, -0.15) is 0 Å². The first-order valence-electron chi connectivity index (χ1n) is 6.66. The van der Waals surface area contributed by atoms with Crippen LogP contribution in [0.5, 0.6) is 5.75 Å². The maximum absolute atomic E-state index is 5.20. The number of benzene rings is 1. The standard InChI is InChI=1S/C15H23NO/c1-3-15(10-4-5-11-16-15)12-13-6-8-14(17-2)9-7-13/h6-9,16H,3-5,10-12H2,1-2H3. The van der Waals surface area contributed by atoms with Crippen LogP contribution in [-0.2, 0) is 6.42 Å². The van der Waals surface area contributed by atoms with Crippen molar-refractivity contribution in [3.8, 4) is 5.75 Å². The SMILES string of the molecule is CCC1(Cc2ccc(OC)cc2)CCCCN1. The average Bonchev–Trinajstić information content (AvgIpc) is 2.41. The van der Waals surface area contributed by atoms with E-state index in [1.807, 2.05) is 0 Å². The van der Waals surface area contributed by atoms with Gasteiger partial charge in [0, 0.05) is 5.54 Å². The van der Waals surface area contributed by atoms with E-state index in [0.29, 0.717) is 5.54 Å². The number of piperidine rings is 1. The molecule has 1 atom stereocenters. The molecular weight excluding hydrogens is 210 g/mol. The molecular formula is C15H23NO. The fraction of sp³-hybridized carbons (Fsp3) is 0.600. The van der Waals surface area contributed by atoms with Gasteiger partial charge < -0.3 is 10.1 Å². The minimum atomic E-state index is 0.326. The Bertz CT molecular complexity index is 338. The van der Waals surface area contributed by atoms with Crippen molar-refractivity contribution >= 4 is 0 Å². The van der Waals surface area contributed by atoms with E-state index < -0.39 is 0 Å². The van der Waals surface area contributed by atoms with Gasteiger partial charge in [0.2, 0.25) is 0 Å². The largest absolute Gasteiger partial charge is 0.497 e. The second-order valence-electron chi connectivity index (χ2n) is 5.04. The summed E-state index contributed by atoms with van der Waals surface area (Å²) in [6.07, 6.45) is 6.32. The summed E-state index contributed by atoms with van der Waals surface area (Å²) in [4.78, 5) is 0. The summed E-state index contributed by atoms with van der Waals surface area (Å²) in [5.41, 5.74) is 1.73. The molecule has 17 heavy (non-hydrogen) atoms. The summed E-state index contributed by atoms with van der Waals surface area (Å²) in [5.74, 6) is 0.941. The number of hydrogen-bond donors (Lipinski definition) is 1. The fourth-order valence-electron chi connectivity index (χ4n) is 2.74. The molecule has 1 aliphatic heterocycles. The molecule has 2 rings (SSSR count). The summed E-state index contributed by atoms with van der Waals surface area (Å²) in [7, 11) is 1.71. The van der Waals surface area contributed by atoms with E-state index in [1.165, 1.54) is 37.8 Å². The summed E-state index contributed by atoms with van der Waals surface area (Å²) in [6.45, 7) is 3.46. The van der Waals surface area contributed by atoms with Crippen LogP contribution >= 0.6 is 0 Å². The molecule has 1 fully saturated rings. The quantitative estimate of drug-likeness (QED) is 0.862. The van der Waals surface area contributed by atoms with E-state index in [-0.39, 0.29) is 0 Å². The molecule has 1 saturated heterocycles. The van der Waals surface area contributed by atoms with Crippen molar-refractivity contribution in [1.29, 1.82) is 0 Å². The third-order valence-electron chi connectivity index (χ3n) is 3.96. The Balaban J connectivity index is 2.06. The lowest BCUT2D eigenvalue weighted by Gasteiger charge is -2.38. The molecule has 1 unspecified atom stereocenters. The lowest BCUT2D eigenvalue weighted by molar-refractivity contribution is 0.243. The molecule has 0 bridgehead atoms. The Morgan fingerprint density at radius 2 is 2.00 bits per heavy atom. The summed E-state index contributed by atoms with van der Waals surface area (Å²) < 4.78 is 5.20. The van der Waals surface area contributed by atoms with Gasteiger partial charge in [0.1, 0.15) is 5.75 Å². The Hall–Kier alpha value is -1.02. The third-order valence-corrected chi connectivity index (χ3v) is 3.96. The molecule has 1 N–H and O–H groups in total. The number of rotatable bonds is 4. The van der Waals surface area contributed by atoms with Gasteiger partial charge in [0.05, 0.1) is 7.11 Å². The van der Waals surface area contributed by atoms with E-state index in [1.54, 1.807) is 7.11 Å². The maximum atomic E-state index is 5.20.